The summed E-state index contributed by atoms with van der Waals surface area (Å²) in [5, 5.41) is 17.0. The maximum atomic E-state index is 6.07. The Bertz CT molecular complexity index is 2200. The van der Waals surface area contributed by atoms with E-state index < -0.39 is 0 Å². The minimum atomic E-state index is 0.395. The molecule has 0 amide bonds. The predicted molar refractivity (Wildman–Crippen MR) is 189 cm³/mol. The van der Waals surface area contributed by atoms with Crippen molar-refractivity contribution in [3.63, 3.8) is 0 Å². The molecule has 232 valence electrons. The summed E-state index contributed by atoms with van der Waals surface area (Å²) in [7, 11) is 0. The monoisotopic (exact) mass is 626 g/mol. The second kappa shape index (κ2) is 13.8. The minimum Gasteiger partial charge on any atom is -0.457 e. The maximum Gasteiger partial charge on any atom is 0.248 e. The third kappa shape index (κ3) is 6.80. The minimum absolute atomic E-state index is 0.395. The van der Waals surface area contributed by atoms with Gasteiger partial charge >= 0.3 is 0 Å². The molecular formula is C41H30N4O3. The summed E-state index contributed by atoms with van der Waals surface area (Å²) in [5.74, 6) is 3.03. The van der Waals surface area contributed by atoms with Gasteiger partial charge in [-0.2, -0.15) is 0 Å². The van der Waals surface area contributed by atoms with E-state index in [0.29, 0.717) is 35.1 Å². The van der Waals surface area contributed by atoms with Crippen LogP contribution in [0.5, 0.6) is 11.5 Å². The fourth-order valence-electron chi connectivity index (χ4n) is 5.05. The molecule has 0 aliphatic carbocycles. The molecule has 0 aliphatic heterocycles. The lowest BCUT2D eigenvalue weighted by Crippen LogP contribution is -1.85. The van der Waals surface area contributed by atoms with Gasteiger partial charge in [0.15, 0.2) is 0 Å². The highest BCUT2D eigenvalue weighted by atomic mass is 16.5. The van der Waals surface area contributed by atoms with Crippen LogP contribution < -0.4 is 4.74 Å². The summed E-state index contributed by atoms with van der Waals surface area (Å²) in [6.45, 7) is 5.97. The highest BCUT2D eigenvalue weighted by Crippen LogP contribution is 2.30. The van der Waals surface area contributed by atoms with Crippen LogP contribution >= 0.6 is 0 Å². The van der Waals surface area contributed by atoms with E-state index in [1.54, 1.807) is 6.08 Å². The van der Waals surface area contributed by atoms with E-state index in [0.717, 1.165) is 44.5 Å². The zero-order valence-corrected chi connectivity index (χ0v) is 26.2. The van der Waals surface area contributed by atoms with Gasteiger partial charge in [-0.1, -0.05) is 91.5 Å². The number of ether oxygens (including phenoxy) is 1. The summed E-state index contributed by atoms with van der Waals surface area (Å²) in [5.41, 5.74) is 7.71. The van der Waals surface area contributed by atoms with Crippen molar-refractivity contribution in [3.05, 3.63) is 170 Å². The summed E-state index contributed by atoms with van der Waals surface area (Å²) in [6.07, 6.45) is 5.65. The number of benzene rings is 5. The Morgan fingerprint density at radius 2 is 0.979 bits per heavy atom. The van der Waals surface area contributed by atoms with Gasteiger partial charge in [0.25, 0.3) is 0 Å². The number of aromatic nitrogens is 4. The fraction of sp³-hybridized carbons (Fsp3) is 0.0244. The Labute approximate surface area is 278 Å². The molecule has 7 heteroatoms. The van der Waals surface area contributed by atoms with Crippen molar-refractivity contribution in [2.75, 3.05) is 0 Å². The second-order valence-electron chi connectivity index (χ2n) is 11.0. The number of allylic oxidation sites excluding steroid dienone is 5. The first-order valence-electron chi connectivity index (χ1n) is 15.4. The first-order valence-corrected chi connectivity index (χ1v) is 15.4. The van der Waals surface area contributed by atoms with E-state index in [1.807, 2.05) is 109 Å². The van der Waals surface area contributed by atoms with E-state index in [2.05, 4.69) is 70.3 Å². The van der Waals surface area contributed by atoms with E-state index in [4.69, 9.17) is 13.6 Å². The number of nitrogens with zero attached hydrogens (tertiary/aromatic N) is 4. The molecule has 0 fully saturated rings. The van der Waals surface area contributed by atoms with Gasteiger partial charge in [-0.15, -0.1) is 20.4 Å². The molecule has 0 saturated heterocycles. The second-order valence-corrected chi connectivity index (χ2v) is 11.0. The molecule has 0 radical (unpaired) electrons. The topological polar surface area (TPSA) is 87.1 Å². The average Bonchev–Trinajstić information content (AvgIpc) is 3.85. The molecule has 0 unspecified atom stereocenters. The molecule has 0 bridgehead atoms. The van der Waals surface area contributed by atoms with Gasteiger partial charge < -0.3 is 13.6 Å². The first kappa shape index (κ1) is 30.1. The molecule has 7 rings (SSSR count). The molecule has 2 heterocycles. The molecule has 2 aromatic heterocycles. The quantitative estimate of drug-likeness (QED) is 0.140. The van der Waals surface area contributed by atoms with E-state index >= 15 is 0 Å². The third-order valence-electron chi connectivity index (χ3n) is 7.74. The van der Waals surface area contributed by atoms with Crippen LogP contribution in [0, 0.1) is 0 Å². The van der Waals surface area contributed by atoms with Gasteiger partial charge in [-0.25, -0.2) is 0 Å². The third-order valence-corrected chi connectivity index (χ3v) is 7.74. The Balaban J connectivity index is 0.985. The van der Waals surface area contributed by atoms with Crippen LogP contribution in [0.3, 0.4) is 0 Å². The highest BCUT2D eigenvalue weighted by molar-refractivity contribution is 5.74. The van der Waals surface area contributed by atoms with Crippen LogP contribution in [0.25, 0.3) is 56.6 Å². The molecule has 0 saturated carbocycles. The van der Waals surface area contributed by atoms with Crippen molar-refractivity contribution in [1.29, 1.82) is 0 Å². The molecule has 48 heavy (non-hydrogen) atoms. The Morgan fingerprint density at radius 3 is 1.54 bits per heavy atom. The highest BCUT2D eigenvalue weighted by Gasteiger charge is 2.13. The van der Waals surface area contributed by atoms with Crippen molar-refractivity contribution in [2.24, 2.45) is 0 Å². The fourth-order valence-corrected chi connectivity index (χ4v) is 5.05. The van der Waals surface area contributed by atoms with Crippen molar-refractivity contribution in [1.82, 2.24) is 20.4 Å². The van der Waals surface area contributed by atoms with Gasteiger partial charge in [-0.05, 0) is 95.9 Å². The molecule has 0 atom stereocenters. The van der Waals surface area contributed by atoms with Gasteiger partial charge in [0.05, 0.1) is 0 Å². The smallest absolute Gasteiger partial charge is 0.248 e. The average molecular weight is 627 g/mol. The lowest BCUT2D eigenvalue weighted by Gasteiger charge is -2.06. The Morgan fingerprint density at radius 1 is 0.521 bits per heavy atom. The largest absolute Gasteiger partial charge is 0.457 e. The van der Waals surface area contributed by atoms with Crippen LogP contribution in [0.15, 0.2) is 167 Å². The van der Waals surface area contributed by atoms with Crippen molar-refractivity contribution < 1.29 is 13.6 Å². The van der Waals surface area contributed by atoms with E-state index in [-0.39, 0.29) is 0 Å². The van der Waals surface area contributed by atoms with Gasteiger partial charge in [-0.3, -0.25) is 0 Å². The van der Waals surface area contributed by atoms with Crippen molar-refractivity contribution in [3.8, 4) is 57.0 Å². The molecule has 0 N–H and O–H groups in total. The van der Waals surface area contributed by atoms with Gasteiger partial charge in [0.1, 0.15) is 11.5 Å². The number of rotatable bonds is 10. The molecule has 0 aliphatic rings. The molecule has 0 spiro atoms. The number of hydrogen-bond donors (Lipinski definition) is 0. The van der Waals surface area contributed by atoms with Crippen LogP contribution in [-0.2, 0) is 0 Å². The Kier molecular flexibility index (Phi) is 8.65. The summed E-state index contributed by atoms with van der Waals surface area (Å²) in [4.78, 5) is 0. The zero-order chi connectivity index (χ0) is 32.7. The lowest BCUT2D eigenvalue weighted by molar-refractivity contribution is 0.482. The van der Waals surface area contributed by atoms with E-state index in [9.17, 15) is 0 Å². The van der Waals surface area contributed by atoms with Crippen LogP contribution in [0.4, 0.5) is 0 Å². The summed E-state index contributed by atoms with van der Waals surface area (Å²) < 4.78 is 18.0. The van der Waals surface area contributed by atoms with Crippen molar-refractivity contribution in [2.45, 2.75) is 6.92 Å². The normalized spacial score (nSPS) is 11.8. The predicted octanol–water partition coefficient (Wildman–Crippen LogP) is 10.6. The summed E-state index contributed by atoms with van der Waals surface area (Å²) in [6, 6.07) is 43.5. The standard InChI is InChI=1S/C41H30N4O3/c1-3-29(15-14-28(2)30-10-6-4-7-11-30)38-42-43-40(47-38)34-20-24-36(25-21-34)46-37-26-22-35(23-27-37)41-45-44-39(48-41)33-18-16-32(17-19-33)31-12-8-5-9-13-31/h3-27H,1H2,2H3/b28-14+,29-15+. The summed E-state index contributed by atoms with van der Waals surface area (Å²) >= 11 is 0. The van der Waals surface area contributed by atoms with Gasteiger partial charge in [0, 0.05) is 22.3 Å². The van der Waals surface area contributed by atoms with Crippen LogP contribution in [0.2, 0.25) is 0 Å². The maximum absolute atomic E-state index is 6.07. The Hall–Kier alpha value is -6.60. The number of hydrogen-bond acceptors (Lipinski definition) is 7. The van der Waals surface area contributed by atoms with Gasteiger partial charge in [0.2, 0.25) is 23.6 Å². The lowest BCUT2D eigenvalue weighted by atomic mass is 10.0. The van der Waals surface area contributed by atoms with E-state index in [1.165, 1.54) is 0 Å². The molecular weight excluding hydrogens is 596 g/mol. The molecule has 7 aromatic rings. The van der Waals surface area contributed by atoms with Crippen molar-refractivity contribution >= 4 is 11.1 Å². The molecule has 7 nitrogen and oxygen atoms in total. The first-order chi connectivity index (χ1) is 23.6. The zero-order valence-electron chi connectivity index (χ0n) is 26.2. The van der Waals surface area contributed by atoms with Crippen LogP contribution in [-0.4, -0.2) is 20.4 Å². The van der Waals surface area contributed by atoms with Crippen LogP contribution in [0.1, 0.15) is 18.4 Å². The SMILES string of the molecule is C=C/C(=C\C=C(/C)c1ccccc1)c1nnc(-c2ccc(Oc3ccc(-c4nnc(-c5ccc(-c6ccccc6)cc5)o4)cc3)cc2)o1. The molecule has 5 aromatic carbocycles.